The fourth-order valence-electron chi connectivity index (χ4n) is 2.89. The highest BCUT2D eigenvalue weighted by molar-refractivity contribution is 9.10. The summed E-state index contributed by atoms with van der Waals surface area (Å²) in [7, 11) is -3.90. The van der Waals surface area contributed by atoms with Crippen molar-refractivity contribution in [1.29, 1.82) is 0 Å². The molecule has 0 aliphatic carbocycles. The molecule has 0 radical (unpaired) electrons. The molecule has 168 valence electrons. The van der Waals surface area contributed by atoms with Crippen molar-refractivity contribution in [2.24, 2.45) is 0 Å². The van der Waals surface area contributed by atoms with E-state index in [1.54, 1.807) is 54.2 Å². The Bertz CT molecular complexity index is 1140. The highest BCUT2D eigenvalue weighted by atomic mass is 79.9. The van der Waals surface area contributed by atoms with Gasteiger partial charge in [-0.2, -0.15) is 11.8 Å². The van der Waals surface area contributed by atoms with E-state index in [-0.39, 0.29) is 17.3 Å². The average Bonchev–Trinajstić information content (AvgIpc) is 2.79. The van der Waals surface area contributed by atoms with Crippen molar-refractivity contribution < 1.29 is 13.2 Å². The Kier molecular flexibility index (Phi) is 9.04. The molecule has 9 heteroatoms. The van der Waals surface area contributed by atoms with Gasteiger partial charge in [0.2, 0.25) is 5.91 Å². The summed E-state index contributed by atoms with van der Waals surface area (Å²) in [6.45, 7) is 0.113. The maximum atomic E-state index is 13.2. The van der Waals surface area contributed by atoms with Gasteiger partial charge in [0.05, 0.1) is 10.6 Å². The molecule has 3 aromatic carbocycles. The molecule has 0 fully saturated rings. The fraction of sp³-hybridized carbons (Fsp3) is 0.174. The highest BCUT2D eigenvalue weighted by Gasteiger charge is 2.26. The van der Waals surface area contributed by atoms with E-state index in [0.29, 0.717) is 18.0 Å². The number of halogens is 2. The lowest BCUT2D eigenvalue weighted by Crippen LogP contribution is -2.41. The smallest absolute Gasteiger partial charge is 0.264 e. The van der Waals surface area contributed by atoms with Crippen LogP contribution in [-0.2, 0) is 20.6 Å². The number of hydrogen-bond acceptors (Lipinski definition) is 4. The second-order valence-electron chi connectivity index (χ2n) is 6.80. The van der Waals surface area contributed by atoms with Crippen LogP contribution in [-0.4, -0.2) is 33.2 Å². The Morgan fingerprint density at radius 1 is 0.969 bits per heavy atom. The van der Waals surface area contributed by atoms with Crippen LogP contribution in [0.2, 0.25) is 5.02 Å². The molecule has 0 aliphatic rings. The van der Waals surface area contributed by atoms with Crippen molar-refractivity contribution in [2.45, 2.75) is 10.6 Å². The molecule has 5 nitrogen and oxygen atoms in total. The van der Waals surface area contributed by atoms with Gasteiger partial charge in [-0.3, -0.25) is 9.10 Å². The quantitative estimate of drug-likeness (QED) is 0.344. The largest absolute Gasteiger partial charge is 0.354 e. The van der Waals surface area contributed by atoms with E-state index in [1.165, 1.54) is 12.1 Å². The van der Waals surface area contributed by atoms with Crippen LogP contribution in [0.15, 0.2) is 88.2 Å². The number of anilines is 1. The minimum atomic E-state index is -3.90. The van der Waals surface area contributed by atoms with Crippen LogP contribution in [0.4, 0.5) is 5.69 Å². The number of carbonyl (C=O) groups excluding carboxylic acids is 1. The molecule has 0 unspecified atom stereocenters. The van der Waals surface area contributed by atoms with Crippen LogP contribution in [0, 0.1) is 0 Å². The van der Waals surface area contributed by atoms with Crippen molar-refractivity contribution in [3.63, 3.8) is 0 Å². The molecule has 0 aromatic heterocycles. The van der Waals surface area contributed by atoms with Gasteiger partial charge in [0.15, 0.2) is 0 Å². The van der Waals surface area contributed by atoms with Crippen LogP contribution in [0.25, 0.3) is 0 Å². The molecule has 1 N–H and O–H groups in total. The van der Waals surface area contributed by atoms with Gasteiger partial charge in [-0.1, -0.05) is 63.9 Å². The molecule has 0 atom stereocenters. The maximum absolute atomic E-state index is 13.2. The summed E-state index contributed by atoms with van der Waals surface area (Å²) in [5.41, 5.74) is 1.46. The third kappa shape index (κ3) is 6.75. The third-order valence-electron chi connectivity index (χ3n) is 4.52. The number of thioether (sulfide) groups is 1. The molecular weight excluding hydrogens is 532 g/mol. The zero-order valence-corrected chi connectivity index (χ0v) is 21.1. The number of sulfonamides is 1. The Balaban J connectivity index is 1.62. The minimum Gasteiger partial charge on any atom is -0.354 e. The van der Waals surface area contributed by atoms with E-state index in [4.69, 9.17) is 11.6 Å². The minimum absolute atomic E-state index is 0.131. The summed E-state index contributed by atoms with van der Waals surface area (Å²) < 4.78 is 28.4. The number of nitrogens with one attached hydrogen (secondary N) is 1. The second kappa shape index (κ2) is 11.7. The van der Waals surface area contributed by atoms with E-state index < -0.39 is 10.0 Å². The lowest BCUT2D eigenvalue weighted by Gasteiger charge is -2.24. The predicted octanol–water partition coefficient (Wildman–Crippen LogP) is 5.35. The molecular formula is C23H22BrClN2O3S2. The van der Waals surface area contributed by atoms with Crippen LogP contribution in [0.5, 0.6) is 0 Å². The normalized spacial score (nSPS) is 11.2. The summed E-state index contributed by atoms with van der Waals surface area (Å²) in [5.74, 6) is 1.05. The number of rotatable bonds is 10. The average molecular weight is 554 g/mol. The van der Waals surface area contributed by atoms with Gasteiger partial charge in [-0.25, -0.2) is 8.42 Å². The standard InChI is InChI=1S/C23H22BrClN2O3S2/c24-19-10-12-20(13-11-19)27(32(29,30)21-7-2-1-3-8-21)16-23(28)26-14-15-31-17-18-6-4-5-9-22(18)25/h1-13H,14-17H2,(H,26,28). The monoisotopic (exact) mass is 552 g/mol. The van der Waals surface area contributed by atoms with Crippen molar-refractivity contribution in [1.82, 2.24) is 5.32 Å². The number of hydrogen-bond donors (Lipinski definition) is 1. The summed E-state index contributed by atoms with van der Waals surface area (Å²) in [5, 5.41) is 3.53. The van der Waals surface area contributed by atoms with Gasteiger partial charge < -0.3 is 5.32 Å². The van der Waals surface area contributed by atoms with E-state index in [9.17, 15) is 13.2 Å². The number of carbonyl (C=O) groups is 1. The van der Waals surface area contributed by atoms with Crippen molar-refractivity contribution in [2.75, 3.05) is 23.1 Å². The van der Waals surface area contributed by atoms with Crippen LogP contribution in [0.3, 0.4) is 0 Å². The molecule has 0 saturated heterocycles. The SMILES string of the molecule is O=C(CN(c1ccc(Br)cc1)S(=O)(=O)c1ccccc1)NCCSCc1ccccc1Cl. The fourth-order valence-corrected chi connectivity index (χ4v) is 5.74. The summed E-state index contributed by atoms with van der Waals surface area (Å²) >= 11 is 11.2. The number of amides is 1. The molecule has 3 aromatic rings. The first-order chi connectivity index (χ1) is 15.4. The van der Waals surface area contributed by atoms with Gasteiger partial charge >= 0.3 is 0 Å². The lowest BCUT2D eigenvalue weighted by atomic mass is 10.2. The maximum Gasteiger partial charge on any atom is 0.264 e. The van der Waals surface area contributed by atoms with E-state index in [0.717, 1.165) is 25.1 Å². The first kappa shape index (κ1) is 24.6. The predicted molar refractivity (Wildman–Crippen MR) is 136 cm³/mol. The molecule has 3 rings (SSSR count). The van der Waals surface area contributed by atoms with Crippen molar-refractivity contribution >= 4 is 60.9 Å². The first-order valence-electron chi connectivity index (χ1n) is 9.79. The molecule has 0 bridgehead atoms. The Morgan fingerprint density at radius 3 is 2.31 bits per heavy atom. The van der Waals surface area contributed by atoms with Gasteiger partial charge in [0.1, 0.15) is 6.54 Å². The molecule has 1 amide bonds. The number of benzene rings is 3. The van der Waals surface area contributed by atoms with Gasteiger partial charge in [-0.05, 0) is 48.0 Å². The summed E-state index contributed by atoms with van der Waals surface area (Å²) in [6.07, 6.45) is 0. The van der Waals surface area contributed by atoms with Crippen LogP contribution < -0.4 is 9.62 Å². The molecule has 0 aliphatic heterocycles. The van der Waals surface area contributed by atoms with Gasteiger partial charge in [0.25, 0.3) is 10.0 Å². The summed E-state index contributed by atoms with van der Waals surface area (Å²) in [6, 6.07) is 22.6. The van der Waals surface area contributed by atoms with Crippen molar-refractivity contribution in [3.05, 3.63) is 93.9 Å². The Morgan fingerprint density at radius 2 is 1.62 bits per heavy atom. The summed E-state index contributed by atoms with van der Waals surface area (Å²) in [4.78, 5) is 12.7. The Hall–Kier alpha value is -2.00. The van der Waals surface area contributed by atoms with Crippen LogP contribution >= 0.6 is 39.3 Å². The molecule has 32 heavy (non-hydrogen) atoms. The van der Waals surface area contributed by atoms with Crippen LogP contribution in [0.1, 0.15) is 5.56 Å². The molecule has 0 saturated carbocycles. The Labute approximate surface area is 206 Å². The molecule has 0 spiro atoms. The van der Waals surface area contributed by atoms with Gasteiger partial charge in [0, 0.05) is 27.5 Å². The van der Waals surface area contributed by atoms with E-state index in [1.807, 2.05) is 24.3 Å². The van der Waals surface area contributed by atoms with E-state index in [2.05, 4.69) is 21.2 Å². The highest BCUT2D eigenvalue weighted by Crippen LogP contribution is 2.25. The van der Waals surface area contributed by atoms with Crippen molar-refractivity contribution in [3.8, 4) is 0 Å². The zero-order valence-electron chi connectivity index (χ0n) is 17.1. The zero-order chi connectivity index (χ0) is 23.0. The second-order valence-corrected chi connectivity index (χ2v) is 11.1. The lowest BCUT2D eigenvalue weighted by molar-refractivity contribution is -0.119. The number of nitrogens with zero attached hydrogens (tertiary/aromatic N) is 1. The first-order valence-corrected chi connectivity index (χ1v) is 13.6. The molecule has 0 heterocycles. The van der Waals surface area contributed by atoms with E-state index >= 15 is 0 Å². The topological polar surface area (TPSA) is 66.5 Å². The third-order valence-corrected chi connectivity index (χ3v) is 8.21. The van der Waals surface area contributed by atoms with Gasteiger partial charge in [-0.15, -0.1) is 0 Å².